The zero-order valence-corrected chi connectivity index (χ0v) is 17.4. The Morgan fingerprint density at radius 2 is 1.75 bits per heavy atom. The van der Waals surface area contributed by atoms with Gasteiger partial charge in [0.2, 0.25) is 10.0 Å². The third-order valence-electron chi connectivity index (χ3n) is 4.79. The SMILES string of the molecule is CCCc1cc(C(=O)N2CCN(S(=O)(=O)c3c(F)cccc3F)CC2)sc1C. The minimum absolute atomic E-state index is 0.00593. The highest BCUT2D eigenvalue weighted by Gasteiger charge is 2.34. The molecular formula is C19H22F2N2O3S2. The summed E-state index contributed by atoms with van der Waals surface area (Å²) in [6.07, 6.45) is 1.91. The first-order chi connectivity index (χ1) is 13.3. The van der Waals surface area contributed by atoms with Crippen LogP contribution < -0.4 is 0 Å². The number of hydrogen-bond donors (Lipinski definition) is 0. The molecule has 0 aliphatic carbocycles. The molecular weight excluding hydrogens is 406 g/mol. The molecule has 0 unspecified atom stereocenters. The molecule has 0 radical (unpaired) electrons. The molecule has 1 aliphatic rings. The van der Waals surface area contributed by atoms with Crippen molar-refractivity contribution in [3.8, 4) is 0 Å². The zero-order chi connectivity index (χ0) is 20.5. The third kappa shape index (κ3) is 3.97. The molecule has 0 saturated carbocycles. The van der Waals surface area contributed by atoms with Crippen LogP contribution in [0.4, 0.5) is 8.78 Å². The van der Waals surface area contributed by atoms with Crippen LogP contribution in [0.5, 0.6) is 0 Å². The lowest BCUT2D eigenvalue weighted by molar-refractivity contribution is 0.0702. The topological polar surface area (TPSA) is 57.7 Å². The summed E-state index contributed by atoms with van der Waals surface area (Å²) < 4.78 is 54.2. The zero-order valence-electron chi connectivity index (χ0n) is 15.7. The molecule has 3 rings (SSSR count). The number of rotatable bonds is 5. The molecule has 1 amide bonds. The van der Waals surface area contributed by atoms with Crippen LogP contribution in [0.1, 0.15) is 33.5 Å². The van der Waals surface area contributed by atoms with E-state index in [0.717, 1.165) is 45.8 Å². The number of thiophene rings is 1. The van der Waals surface area contributed by atoms with Crippen molar-refractivity contribution in [3.63, 3.8) is 0 Å². The van der Waals surface area contributed by atoms with Crippen LogP contribution in [-0.4, -0.2) is 49.7 Å². The molecule has 0 bridgehead atoms. The van der Waals surface area contributed by atoms with Crippen LogP contribution >= 0.6 is 11.3 Å². The number of nitrogens with zero attached hydrogens (tertiary/aromatic N) is 2. The molecule has 0 spiro atoms. The van der Waals surface area contributed by atoms with Gasteiger partial charge in [0, 0.05) is 31.1 Å². The lowest BCUT2D eigenvalue weighted by Gasteiger charge is -2.33. The van der Waals surface area contributed by atoms with Crippen LogP contribution in [-0.2, 0) is 16.4 Å². The minimum atomic E-state index is -4.30. The molecule has 1 fully saturated rings. The Morgan fingerprint density at radius 3 is 2.32 bits per heavy atom. The van der Waals surface area contributed by atoms with Gasteiger partial charge in [0.1, 0.15) is 11.6 Å². The van der Waals surface area contributed by atoms with E-state index in [1.807, 2.05) is 13.0 Å². The van der Waals surface area contributed by atoms with Crippen LogP contribution in [0.3, 0.4) is 0 Å². The van der Waals surface area contributed by atoms with Crippen molar-refractivity contribution in [2.75, 3.05) is 26.2 Å². The molecule has 0 atom stereocenters. The fourth-order valence-electron chi connectivity index (χ4n) is 3.29. The van der Waals surface area contributed by atoms with Crippen molar-refractivity contribution < 1.29 is 22.0 Å². The molecule has 1 saturated heterocycles. The second-order valence-electron chi connectivity index (χ2n) is 6.69. The summed E-state index contributed by atoms with van der Waals surface area (Å²) in [7, 11) is -4.30. The number of piperazine rings is 1. The second kappa shape index (κ2) is 8.26. The van der Waals surface area contributed by atoms with Gasteiger partial charge < -0.3 is 4.90 Å². The monoisotopic (exact) mass is 428 g/mol. The van der Waals surface area contributed by atoms with Crippen LogP contribution in [0.15, 0.2) is 29.2 Å². The molecule has 1 aromatic heterocycles. The highest BCUT2D eigenvalue weighted by Crippen LogP contribution is 2.26. The second-order valence-corrected chi connectivity index (χ2v) is 9.82. The quantitative estimate of drug-likeness (QED) is 0.733. The Labute approximate surface area is 167 Å². The summed E-state index contributed by atoms with van der Waals surface area (Å²) in [5.41, 5.74) is 1.16. The predicted molar refractivity (Wildman–Crippen MR) is 104 cm³/mol. The Kier molecular flexibility index (Phi) is 6.16. The van der Waals surface area contributed by atoms with Crippen molar-refractivity contribution in [1.29, 1.82) is 0 Å². The number of aryl methyl sites for hydroxylation is 2. The molecule has 9 heteroatoms. The van der Waals surface area contributed by atoms with Gasteiger partial charge in [0.15, 0.2) is 4.90 Å². The molecule has 28 heavy (non-hydrogen) atoms. The maximum Gasteiger partial charge on any atom is 0.264 e. The first kappa shape index (κ1) is 20.9. The van der Waals surface area contributed by atoms with E-state index in [1.54, 1.807) is 4.90 Å². The van der Waals surface area contributed by atoms with Crippen molar-refractivity contribution in [2.24, 2.45) is 0 Å². The number of amides is 1. The summed E-state index contributed by atoms with van der Waals surface area (Å²) in [6, 6.07) is 4.87. The molecule has 1 aromatic carbocycles. The predicted octanol–water partition coefficient (Wildman–Crippen LogP) is 3.43. The van der Waals surface area contributed by atoms with Crippen molar-refractivity contribution in [1.82, 2.24) is 9.21 Å². The lowest BCUT2D eigenvalue weighted by atomic mass is 10.1. The number of sulfonamides is 1. The van der Waals surface area contributed by atoms with Gasteiger partial charge in [0.25, 0.3) is 5.91 Å². The molecule has 0 N–H and O–H groups in total. The van der Waals surface area contributed by atoms with Crippen molar-refractivity contribution >= 4 is 27.3 Å². The van der Waals surface area contributed by atoms with Gasteiger partial charge in [-0.3, -0.25) is 4.79 Å². The smallest absolute Gasteiger partial charge is 0.264 e. The van der Waals surface area contributed by atoms with Gasteiger partial charge in [0.05, 0.1) is 4.88 Å². The van der Waals surface area contributed by atoms with Crippen molar-refractivity contribution in [2.45, 2.75) is 31.6 Å². The van der Waals surface area contributed by atoms with Gasteiger partial charge in [-0.25, -0.2) is 17.2 Å². The summed E-state index contributed by atoms with van der Waals surface area (Å²) >= 11 is 1.44. The van der Waals surface area contributed by atoms with E-state index < -0.39 is 26.6 Å². The number of halogens is 2. The maximum absolute atomic E-state index is 13.9. The highest BCUT2D eigenvalue weighted by molar-refractivity contribution is 7.89. The van der Waals surface area contributed by atoms with Crippen LogP contribution in [0.2, 0.25) is 0 Å². The fourth-order valence-corrected chi connectivity index (χ4v) is 5.86. The minimum Gasteiger partial charge on any atom is -0.335 e. The van der Waals surface area contributed by atoms with Gasteiger partial charge in [-0.1, -0.05) is 19.4 Å². The Balaban J connectivity index is 1.72. The Bertz CT molecular complexity index is 961. The van der Waals surface area contributed by atoms with E-state index in [4.69, 9.17) is 0 Å². The summed E-state index contributed by atoms with van der Waals surface area (Å²) in [5.74, 6) is -2.36. The first-order valence-electron chi connectivity index (χ1n) is 9.08. The third-order valence-corrected chi connectivity index (χ3v) is 7.83. The molecule has 2 heterocycles. The summed E-state index contributed by atoms with van der Waals surface area (Å²) in [6.45, 7) is 4.40. The van der Waals surface area contributed by atoms with Gasteiger partial charge in [-0.2, -0.15) is 4.31 Å². The van der Waals surface area contributed by atoms with Gasteiger partial charge in [-0.05, 0) is 37.1 Å². The fraction of sp³-hybridized carbons (Fsp3) is 0.421. The van der Waals surface area contributed by atoms with E-state index in [9.17, 15) is 22.0 Å². The number of carbonyl (C=O) groups excluding carboxylic acids is 1. The lowest BCUT2D eigenvalue weighted by Crippen LogP contribution is -2.50. The van der Waals surface area contributed by atoms with E-state index in [2.05, 4.69) is 6.92 Å². The number of hydrogen-bond acceptors (Lipinski definition) is 4. The average Bonchev–Trinajstić information content (AvgIpc) is 3.02. The highest BCUT2D eigenvalue weighted by atomic mass is 32.2. The summed E-state index contributed by atoms with van der Waals surface area (Å²) in [4.78, 5) is 15.2. The van der Waals surface area contributed by atoms with Crippen LogP contribution in [0.25, 0.3) is 0 Å². The normalized spacial score (nSPS) is 15.8. The van der Waals surface area contributed by atoms with E-state index in [1.165, 1.54) is 11.3 Å². The van der Waals surface area contributed by atoms with Gasteiger partial charge >= 0.3 is 0 Å². The van der Waals surface area contributed by atoms with E-state index >= 15 is 0 Å². The summed E-state index contributed by atoms with van der Waals surface area (Å²) in [5, 5.41) is 0. The van der Waals surface area contributed by atoms with Gasteiger partial charge in [-0.15, -0.1) is 11.3 Å². The molecule has 152 valence electrons. The molecule has 1 aliphatic heterocycles. The largest absolute Gasteiger partial charge is 0.335 e. The Morgan fingerprint density at radius 1 is 1.14 bits per heavy atom. The average molecular weight is 429 g/mol. The maximum atomic E-state index is 13.9. The Hall–Kier alpha value is -1.84. The standard InChI is InChI=1S/C19H22F2N2O3S2/c1-3-5-14-12-17(27-13(14)2)19(24)22-8-10-23(11-9-22)28(25,26)18-15(20)6-4-7-16(18)21/h4,6-7,12H,3,5,8-11H2,1-2H3. The molecule has 5 nitrogen and oxygen atoms in total. The van der Waals surface area contributed by atoms with Crippen LogP contribution in [0, 0.1) is 18.6 Å². The number of benzene rings is 1. The first-order valence-corrected chi connectivity index (χ1v) is 11.3. The van der Waals surface area contributed by atoms with Crippen molar-refractivity contribution in [3.05, 3.63) is 51.2 Å². The molecule has 2 aromatic rings. The van der Waals surface area contributed by atoms with E-state index in [-0.39, 0.29) is 32.1 Å². The number of carbonyl (C=O) groups is 1. The van der Waals surface area contributed by atoms with E-state index in [0.29, 0.717) is 4.88 Å².